The normalized spacial score (nSPS) is 10.1. The number of aryl methyl sites for hydroxylation is 2. The van der Waals surface area contributed by atoms with Crippen LogP contribution in [0.4, 0.5) is 5.69 Å². The number of benzene rings is 2. The van der Waals surface area contributed by atoms with E-state index >= 15 is 0 Å². The third kappa shape index (κ3) is 2.16. The van der Waals surface area contributed by atoms with Gasteiger partial charge in [0, 0.05) is 0 Å². The molecule has 0 amide bonds. The summed E-state index contributed by atoms with van der Waals surface area (Å²) >= 11 is 0. The largest absolute Gasteiger partial charge is 0.455 e. The van der Waals surface area contributed by atoms with Crippen molar-refractivity contribution in [2.24, 2.45) is 0 Å². The van der Waals surface area contributed by atoms with Crippen molar-refractivity contribution < 1.29 is 4.74 Å². The molecule has 0 aliphatic heterocycles. The van der Waals surface area contributed by atoms with Gasteiger partial charge in [-0.2, -0.15) is 0 Å². The van der Waals surface area contributed by atoms with E-state index in [-0.39, 0.29) is 0 Å². The van der Waals surface area contributed by atoms with Gasteiger partial charge in [-0.3, -0.25) is 0 Å². The van der Waals surface area contributed by atoms with Crippen molar-refractivity contribution in [1.82, 2.24) is 0 Å². The van der Waals surface area contributed by atoms with Crippen molar-refractivity contribution in [3.8, 4) is 11.5 Å². The van der Waals surface area contributed by atoms with Gasteiger partial charge in [-0.1, -0.05) is 24.3 Å². The first-order chi connectivity index (χ1) is 7.66. The molecule has 0 saturated heterocycles. The third-order valence-corrected chi connectivity index (χ3v) is 2.46. The second-order valence-corrected chi connectivity index (χ2v) is 3.91. The number of nitrogens with two attached hydrogens (primary N) is 1. The summed E-state index contributed by atoms with van der Waals surface area (Å²) in [5.41, 5.74) is 8.88. The first kappa shape index (κ1) is 10.6. The highest BCUT2D eigenvalue weighted by Crippen LogP contribution is 2.30. The van der Waals surface area contributed by atoms with Crippen molar-refractivity contribution in [2.45, 2.75) is 13.8 Å². The summed E-state index contributed by atoms with van der Waals surface area (Å²) in [4.78, 5) is 0. The summed E-state index contributed by atoms with van der Waals surface area (Å²) in [7, 11) is 0. The molecule has 0 saturated carbocycles. The van der Waals surface area contributed by atoms with Crippen LogP contribution in [-0.2, 0) is 0 Å². The molecule has 0 unspecified atom stereocenters. The Morgan fingerprint density at radius 2 is 1.69 bits per heavy atom. The fraction of sp³-hybridized carbons (Fsp3) is 0.143. The Hall–Kier alpha value is -1.96. The quantitative estimate of drug-likeness (QED) is 0.772. The predicted molar refractivity (Wildman–Crippen MR) is 66.8 cm³/mol. The number of para-hydroxylation sites is 1. The highest BCUT2D eigenvalue weighted by molar-refractivity contribution is 5.60. The Balaban J connectivity index is 2.35. The second-order valence-electron chi connectivity index (χ2n) is 3.91. The smallest absolute Gasteiger partial charge is 0.150 e. The summed E-state index contributed by atoms with van der Waals surface area (Å²) in [5.74, 6) is 1.53. The molecule has 0 bridgehead atoms. The zero-order valence-corrected chi connectivity index (χ0v) is 9.53. The van der Waals surface area contributed by atoms with E-state index in [1.54, 1.807) is 0 Å². The molecule has 2 heteroatoms. The number of hydrogen-bond acceptors (Lipinski definition) is 2. The first-order valence-corrected chi connectivity index (χ1v) is 5.26. The lowest BCUT2D eigenvalue weighted by atomic mass is 10.1. The minimum atomic E-state index is 0.703. The molecule has 0 fully saturated rings. The van der Waals surface area contributed by atoms with Crippen LogP contribution in [0.3, 0.4) is 0 Å². The maximum absolute atomic E-state index is 5.97. The monoisotopic (exact) mass is 213 g/mol. The van der Waals surface area contributed by atoms with Crippen LogP contribution in [0, 0.1) is 13.8 Å². The Labute approximate surface area is 95.7 Å². The molecular weight excluding hydrogens is 198 g/mol. The minimum absolute atomic E-state index is 0.703. The molecule has 0 heterocycles. The topological polar surface area (TPSA) is 35.2 Å². The van der Waals surface area contributed by atoms with E-state index in [9.17, 15) is 0 Å². The van der Waals surface area contributed by atoms with Gasteiger partial charge in [-0.05, 0) is 43.2 Å². The second kappa shape index (κ2) is 4.27. The Morgan fingerprint density at radius 3 is 2.38 bits per heavy atom. The van der Waals surface area contributed by atoms with Crippen LogP contribution in [0.1, 0.15) is 11.1 Å². The number of anilines is 1. The van der Waals surface area contributed by atoms with Gasteiger partial charge < -0.3 is 10.5 Å². The number of nitrogen functional groups attached to an aromatic ring is 1. The van der Waals surface area contributed by atoms with Crippen LogP contribution < -0.4 is 10.5 Å². The molecular formula is C14H15NO. The molecule has 2 N–H and O–H groups in total. The van der Waals surface area contributed by atoms with Gasteiger partial charge in [0.2, 0.25) is 0 Å². The maximum atomic E-state index is 5.97. The van der Waals surface area contributed by atoms with Crippen LogP contribution in [0.2, 0.25) is 0 Å². The summed E-state index contributed by atoms with van der Waals surface area (Å²) in [6, 6.07) is 13.7. The van der Waals surface area contributed by atoms with Crippen LogP contribution in [0.15, 0.2) is 42.5 Å². The molecule has 0 aliphatic carbocycles. The van der Waals surface area contributed by atoms with Gasteiger partial charge in [0.25, 0.3) is 0 Å². The Morgan fingerprint density at radius 1 is 1.00 bits per heavy atom. The van der Waals surface area contributed by atoms with Crippen LogP contribution in [0.25, 0.3) is 0 Å². The molecule has 0 spiro atoms. The molecule has 16 heavy (non-hydrogen) atoms. The minimum Gasteiger partial charge on any atom is -0.455 e. The number of hydrogen-bond donors (Lipinski definition) is 1. The fourth-order valence-electron chi connectivity index (χ4n) is 1.64. The van der Waals surface area contributed by atoms with Gasteiger partial charge in [-0.25, -0.2) is 0 Å². The molecule has 2 rings (SSSR count). The van der Waals surface area contributed by atoms with Gasteiger partial charge in [0.1, 0.15) is 5.75 Å². The molecule has 2 aromatic carbocycles. The summed E-state index contributed by atoms with van der Waals surface area (Å²) in [6.45, 7) is 4.02. The highest BCUT2D eigenvalue weighted by Gasteiger charge is 2.05. The van der Waals surface area contributed by atoms with Crippen molar-refractivity contribution in [2.75, 3.05) is 5.73 Å². The van der Waals surface area contributed by atoms with E-state index in [0.29, 0.717) is 5.69 Å². The first-order valence-electron chi connectivity index (χ1n) is 5.26. The molecule has 82 valence electrons. The highest BCUT2D eigenvalue weighted by atomic mass is 16.5. The standard InChI is InChI=1S/C14H15NO/c1-10-8-11(2)14(15)13(9-10)16-12-6-4-3-5-7-12/h3-9H,15H2,1-2H3. The summed E-state index contributed by atoms with van der Waals surface area (Å²) < 4.78 is 5.75. The zero-order valence-electron chi connectivity index (χ0n) is 9.53. The average Bonchev–Trinajstić information content (AvgIpc) is 2.27. The third-order valence-electron chi connectivity index (χ3n) is 2.46. The zero-order chi connectivity index (χ0) is 11.5. The van der Waals surface area contributed by atoms with Crippen molar-refractivity contribution >= 4 is 5.69 Å². The predicted octanol–water partition coefficient (Wildman–Crippen LogP) is 3.68. The lowest BCUT2D eigenvalue weighted by molar-refractivity contribution is 0.484. The van der Waals surface area contributed by atoms with E-state index < -0.39 is 0 Å². The number of rotatable bonds is 2. The van der Waals surface area contributed by atoms with Crippen LogP contribution in [-0.4, -0.2) is 0 Å². The fourth-order valence-corrected chi connectivity index (χ4v) is 1.64. The van der Waals surface area contributed by atoms with Crippen molar-refractivity contribution in [3.05, 3.63) is 53.6 Å². The van der Waals surface area contributed by atoms with Crippen LogP contribution in [0.5, 0.6) is 11.5 Å². The lowest BCUT2D eigenvalue weighted by Gasteiger charge is -2.11. The van der Waals surface area contributed by atoms with Crippen LogP contribution >= 0.6 is 0 Å². The molecule has 2 aromatic rings. The van der Waals surface area contributed by atoms with Gasteiger partial charge in [0.05, 0.1) is 5.69 Å². The maximum Gasteiger partial charge on any atom is 0.150 e. The van der Waals surface area contributed by atoms with Gasteiger partial charge in [-0.15, -0.1) is 0 Å². The Bertz CT molecular complexity index is 492. The van der Waals surface area contributed by atoms with E-state index in [1.807, 2.05) is 56.3 Å². The van der Waals surface area contributed by atoms with Crippen molar-refractivity contribution in [3.63, 3.8) is 0 Å². The van der Waals surface area contributed by atoms with Gasteiger partial charge in [0.15, 0.2) is 5.75 Å². The molecule has 2 nitrogen and oxygen atoms in total. The molecule has 0 aliphatic rings. The van der Waals surface area contributed by atoms with Crippen molar-refractivity contribution in [1.29, 1.82) is 0 Å². The van der Waals surface area contributed by atoms with Gasteiger partial charge >= 0.3 is 0 Å². The van der Waals surface area contributed by atoms with E-state index in [4.69, 9.17) is 10.5 Å². The van der Waals surface area contributed by atoms with E-state index in [0.717, 1.165) is 22.6 Å². The molecule has 0 radical (unpaired) electrons. The molecule has 0 atom stereocenters. The SMILES string of the molecule is Cc1cc(C)c(N)c(Oc2ccccc2)c1. The van der Waals surface area contributed by atoms with E-state index in [1.165, 1.54) is 0 Å². The molecule has 0 aromatic heterocycles. The summed E-state index contributed by atoms with van der Waals surface area (Å²) in [5, 5.41) is 0. The lowest BCUT2D eigenvalue weighted by Crippen LogP contribution is -1.95. The summed E-state index contributed by atoms with van der Waals surface area (Å²) in [6.07, 6.45) is 0. The Kier molecular flexibility index (Phi) is 2.82. The van der Waals surface area contributed by atoms with E-state index in [2.05, 4.69) is 0 Å². The number of ether oxygens (including phenoxy) is 1. The average molecular weight is 213 g/mol.